The molecule has 2 heterocycles. The Hall–Kier alpha value is -2.55. The lowest BCUT2D eigenvalue weighted by Gasteiger charge is -2.26. The molecule has 1 aliphatic rings. The summed E-state index contributed by atoms with van der Waals surface area (Å²) >= 11 is 0. The van der Waals surface area contributed by atoms with E-state index in [1.54, 1.807) is 19.1 Å². The highest BCUT2D eigenvalue weighted by atomic mass is 19.1. The first kappa shape index (κ1) is 18.2. The number of ether oxygens (including phenoxy) is 1. The quantitative estimate of drug-likeness (QED) is 0.862. The lowest BCUT2D eigenvalue weighted by Crippen LogP contribution is -2.46. The Morgan fingerprint density at radius 3 is 2.88 bits per heavy atom. The van der Waals surface area contributed by atoms with Gasteiger partial charge in [-0.15, -0.1) is 0 Å². The molecule has 0 spiro atoms. The van der Waals surface area contributed by atoms with Gasteiger partial charge in [0.25, 0.3) is 0 Å². The molecule has 26 heavy (non-hydrogen) atoms. The average molecular weight is 366 g/mol. The van der Waals surface area contributed by atoms with Gasteiger partial charge in [0.1, 0.15) is 12.0 Å². The van der Waals surface area contributed by atoms with Crippen LogP contribution in [0.1, 0.15) is 36.6 Å². The molecule has 1 saturated heterocycles. The Morgan fingerprint density at radius 2 is 2.19 bits per heavy atom. The summed E-state index contributed by atoms with van der Waals surface area (Å²) in [5, 5.41) is 2.81. The van der Waals surface area contributed by atoms with Crippen molar-refractivity contribution < 1.29 is 13.5 Å². The van der Waals surface area contributed by atoms with Gasteiger partial charge < -0.3 is 10.1 Å². The molecule has 140 valence electrons. The predicted molar refractivity (Wildman–Crippen MR) is 91.7 cm³/mol. The monoisotopic (exact) mass is 366 g/mol. The highest BCUT2D eigenvalue weighted by molar-refractivity contribution is 5.33. The average Bonchev–Trinajstić information content (AvgIpc) is 2.58. The molecule has 1 aromatic carbocycles. The molecule has 3 rings (SSSR count). The van der Waals surface area contributed by atoms with Crippen molar-refractivity contribution in [2.24, 2.45) is 0 Å². The Labute approximate surface area is 148 Å². The molecule has 9 heteroatoms. The number of halogens is 2. The standard InChI is InChI=1S/C17H20F2N4O3/c1-9-3-4-12(18)11(7-9)10(2)20-15-21-16(24)23(17(25)22-15)14-5-6-26-8-13(14)19/h3-4,7,10,13-14H,5-6,8H2,1-2H3,(H2,20,21,22,24,25)/t10-,13-,14+/m0/s1. The molecule has 1 aromatic heterocycles. The first-order valence-corrected chi connectivity index (χ1v) is 8.34. The lowest BCUT2D eigenvalue weighted by atomic mass is 10.1. The molecular weight excluding hydrogens is 346 g/mol. The van der Waals surface area contributed by atoms with Gasteiger partial charge in [-0.25, -0.2) is 22.9 Å². The molecule has 0 amide bonds. The van der Waals surface area contributed by atoms with Gasteiger partial charge >= 0.3 is 11.4 Å². The largest absolute Gasteiger partial charge is 0.378 e. The fourth-order valence-corrected chi connectivity index (χ4v) is 3.05. The van der Waals surface area contributed by atoms with Crippen molar-refractivity contribution in [2.75, 3.05) is 18.5 Å². The van der Waals surface area contributed by atoms with Crippen LogP contribution in [-0.2, 0) is 4.74 Å². The summed E-state index contributed by atoms with van der Waals surface area (Å²) in [6.07, 6.45) is -1.24. The molecule has 1 aliphatic heterocycles. The maximum Gasteiger partial charge on any atom is 0.355 e. The number of nitrogens with zero attached hydrogens (tertiary/aromatic N) is 2. The molecule has 0 bridgehead atoms. The Kier molecular flexibility index (Phi) is 5.17. The Morgan fingerprint density at radius 1 is 1.42 bits per heavy atom. The topological polar surface area (TPSA) is 89.0 Å². The molecule has 3 atom stereocenters. The summed E-state index contributed by atoms with van der Waals surface area (Å²) < 4.78 is 33.7. The van der Waals surface area contributed by atoms with Crippen molar-refractivity contribution in [3.63, 3.8) is 0 Å². The molecular formula is C17H20F2N4O3. The van der Waals surface area contributed by atoms with Crippen molar-refractivity contribution in [1.82, 2.24) is 14.5 Å². The van der Waals surface area contributed by atoms with E-state index in [0.717, 1.165) is 10.1 Å². The summed E-state index contributed by atoms with van der Waals surface area (Å²) in [4.78, 5) is 30.7. The van der Waals surface area contributed by atoms with Gasteiger partial charge in [0, 0.05) is 12.2 Å². The van der Waals surface area contributed by atoms with Gasteiger partial charge in [-0.1, -0.05) is 17.7 Å². The van der Waals surface area contributed by atoms with Crippen LogP contribution in [0.5, 0.6) is 0 Å². The molecule has 0 saturated carbocycles. The normalized spacial score (nSPS) is 21.4. The first-order valence-electron chi connectivity index (χ1n) is 8.34. The van der Waals surface area contributed by atoms with Crippen LogP contribution in [0.15, 0.2) is 27.8 Å². The highest BCUT2D eigenvalue weighted by Crippen LogP contribution is 2.22. The van der Waals surface area contributed by atoms with Crippen molar-refractivity contribution in [1.29, 1.82) is 0 Å². The molecule has 7 nitrogen and oxygen atoms in total. The van der Waals surface area contributed by atoms with E-state index in [0.29, 0.717) is 5.56 Å². The van der Waals surface area contributed by atoms with Gasteiger partial charge in [-0.05, 0) is 26.3 Å². The van der Waals surface area contributed by atoms with E-state index in [1.165, 1.54) is 6.07 Å². The summed E-state index contributed by atoms with van der Waals surface area (Å²) in [5.74, 6) is -0.499. The van der Waals surface area contributed by atoms with E-state index in [9.17, 15) is 18.4 Å². The van der Waals surface area contributed by atoms with Gasteiger partial charge in [-0.3, -0.25) is 4.98 Å². The number of rotatable bonds is 4. The summed E-state index contributed by atoms with van der Waals surface area (Å²) in [5.41, 5.74) is -0.368. The number of anilines is 1. The van der Waals surface area contributed by atoms with Crippen LogP contribution in [0.2, 0.25) is 0 Å². The van der Waals surface area contributed by atoms with Crippen LogP contribution in [0.3, 0.4) is 0 Å². The van der Waals surface area contributed by atoms with Crippen molar-refractivity contribution in [2.45, 2.75) is 38.5 Å². The van der Waals surface area contributed by atoms with Crippen LogP contribution in [0.4, 0.5) is 14.7 Å². The van der Waals surface area contributed by atoms with Crippen molar-refractivity contribution in [3.05, 3.63) is 56.1 Å². The van der Waals surface area contributed by atoms with Crippen molar-refractivity contribution in [3.8, 4) is 0 Å². The number of H-pyrrole nitrogens is 1. The maximum absolute atomic E-state index is 14.0. The second kappa shape index (κ2) is 7.36. The predicted octanol–water partition coefficient (Wildman–Crippen LogP) is 1.85. The van der Waals surface area contributed by atoms with Crippen LogP contribution < -0.4 is 16.7 Å². The van der Waals surface area contributed by atoms with E-state index in [-0.39, 0.29) is 25.6 Å². The number of alkyl halides is 1. The number of aryl methyl sites for hydroxylation is 1. The summed E-state index contributed by atoms with van der Waals surface area (Å²) in [6, 6.07) is 3.22. The summed E-state index contributed by atoms with van der Waals surface area (Å²) in [7, 11) is 0. The Balaban J connectivity index is 1.87. The van der Waals surface area contributed by atoms with E-state index in [4.69, 9.17) is 4.74 Å². The Bertz CT molecular complexity index is 880. The van der Waals surface area contributed by atoms with Gasteiger partial charge in [0.05, 0.1) is 18.7 Å². The molecule has 2 N–H and O–H groups in total. The van der Waals surface area contributed by atoms with Crippen molar-refractivity contribution >= 4 is 5.95 Å². The van der Waals surface area contributed by atoms with Gasteiger partial charge in [0.15, 0.2) is 0 Å². The van der Waals surface area contributed by atoms with Gasteiger partial charge in [0.2, 0.25) is 5.95 Å². The van der Waals surface area contributed by atoms with Crippen LogP contribution >= 0.6 is 0 Å². The third kappa shape index (κ3) is 3.67. The molecule has 0 radical (unpaired) electrons. The van der Waals surface area contributed by atoms with E-state index < -0.39 is 35.5 Å². The minimum atomic E-state index is -1.46. The second-order valence-corrected chi connectivity index (χ2v) is 6.38. The zero-order valence-electron chi connectivity index (χ0n) is 14.5. The molecule has 0 aliphatic carbocycles. The minimum absolute atomic E-state index is 0.0906. The number of nitrogens with one attached hydrogen (secondary N) is 2. The lowest BCUT2D eigenvalue weighted by molar-refractivity contribution is 0.000716. The molecule has 2 aromatic rings. The molecule has 1 fully saturated rings. The van der Waals surface area contributed by atoms with E-state index >= 15 is 0 Å². The number of benzene rings is 1. The van der Waals surface area contributed by atoms with Gasteiger partial charge in [-0.2, -0.15) is 4.98 Å². The maximum atomic E-state index is 14.0. The number of hydrogen-bond donors (Lipinski definition) is 2. The molecule has 0 unspecified atom stereocenters. The zero-order chi connectivity index (χ0) is 18.8. The fourth-order valence-electron chi connectivity index (χ4n) is 3.05. The van der Waals surface area contributed by atoms with Crippen LogP contribution in [-0.4, -0.2) is 33.9 Å². The smallest absolute Gasteiger partial charge is 0.355 e. The highest BCUT2D eigenvalue weighted by Gasteiger charge is 2.30. The van der Waals surface area contributed by atoms with Crippen LogP contribution in [0.25, 0.3) is 0 Å². The van der Waals surface area contributed by atoms with E-state index in [1.807, 2.05) is 6.92 Å². The SMILES string of the molecule is Cc1ccc(F)c([C@H](C)Nc2nc(=O)n([C@@H]3CCOC[C@@H]3F)c(=O)[nH]2)c1. The minimum Gasteiger partial charge on any atom is -0.378 e. The summed E-state index contributed by atoms with van der Waals surface area (Å²) in [6.45, 7) is 3.61. The third-order valence-electron chi connectivity index (χ3n) is 4.41. The zero-order valence-corrected chi connectivity index (χ0v) is 14.5. The third-order valence-corrected chi connectivity index (χ3v) is 4.41. The number of aromatic amines is 1. The second-order valence-electron chi connectivity index (χ2n) is 6.38. The fraction of sp³-hybridized carbons (Fsp3) is 0.471. The number of aromatic nitrogens is 3. The number of hydrogen-bond acceptors (Lipinski definition) is 5. The van der Waals surface area contributed by atoms with E-state index in [2.05, 4.69) is 15.3 Å². The first-order chi connectivity index (χ1) is 12.4. The van der Waals surface area contributed by atoms with Crippen LogP contribution in [0, 0.1) is 12.7 Å².